The second-order valence-electron chi connectivity index (χ2n) is 3.53. The van der Waals surface area contributed by atoms with E-state index in [0.717, 1.165) is 18.8 Å². The van der Waals surface area contributed by atoms with Gasteiger partial charge >= 0.3 is 0 Å². The van der Waals surface area contributed by atoms with Crippen LogP contribution in [0.2, 0.25) is 0 Å². The van der Waals surface area contributed by atoms with Crippen LogP contribution < -0.4 is 5.01 Å². The number of amides is 1. The molecular formula is C13H20N2O. The highest BCUT2D eigenvalue weighted by Gasteiger charge is 2.18. The Morgan fingerprint density at radius 1 is 1.06 bits per heavy atom. The van der Waals surface area contributed by atoms with E-state index in [2.05, 4.69) is 13.8 Å². The summed E-state index contributed by atoms with van der Waals surface area (Å²) < 4.78 is 0. The first-order valence-corrected chi connectivity index (χ1v) is 5.87. The summed E-state index contributed by atoms with van der Waals surface area (Å²) in [6.45, 7) is 7.67. The number of hydrogen-bond acceptors (Lipinski definition) is 2. The largest absolute Gasteiger partial charge is 0.273 e. The Balaban J connectivity index is 3.00. The number of carbonyl (C=O) groups is 1. The van der Waals surface area contributed by atoms with Crippen molar-refractivity contribution in [1.29, 1.82) is 0 Å². The Kier molecular flexibility index (Phi) is 4.99. The normalized spacial score (nSPS) is 10.5. The van der Waals surface area contributed by atoms with Crippen LogP contribution in [-0.4, -0.2) is 24.0 Å². The van der Waals surface area contributed by atoms with Crippen molar-refractivity contribution >= 4 is 11.6 Å². The maximum absolute atomic E-state index is 12.0. The molecule has 1 aromatic carbocycles. The molecule has 3 heteroatoms. The maximum Gasteiger partial charge on any atom is 0.241 e. The lowest BCUT2D eigenvalue weighted by Crippen LogP contribution is -2.46. The molecule has 0 unspecified atom stereocenters. The first kappa shape index (κ1) is 12.7. The summed E-state index contributed by atoms with van der Waals surface area (Å²) in [6.07, 6.45) is 0.519. The molecule has 0 fully saturated rings. The third kappa shape index (κ3) is 2.83. The van der Waals surface area contributed by atoms with Crippen molar-refractivity contribution < 1.29 is 4.79 Å². The van der Waals surface area contributed by atoms with Gasteiger partial charge in [-0.15, -0.1) is 0 Å². The summed E-state index contributed by atoms with van der Waals surface area (Å²) in [4.78, 5) is 12.0. The predicted octanol–water partition coefficient (Wildman–Crippen LogP) is 2.69. The van der Waals surface area contributed by atoms with E-state index in [1.807, 2.05) is 42.3 Å². The summed E-state index contributed by atoms with van der Waals surface area (Å²) in [5.41, 5.74) is 0.943. The van der Waals surface area contributed by atoms with Crippen LogP contribution in [0, 0.1) is 0 Å². The van der Waals surface area contributed by atoms with E-state index in [9.17, 15) is 4.79 Å². The van der Waals surface area contributed by atoms with Crippen molar-refractivity contribution in [2.45, 2.75) is 27.2 Å². The lowest BCUT2D eigenvalue weighted by atomic mass is 10.3. The fraction of sp³-hybridized carbons (Fsp3) is 0.462. The summed E-state index contributed by atoms with van der Waals surface area (Å²) >= 11 is 0. The Bertz CT molecular complexity index is 320. The highest BCUT2D eigenvalue weighted by atomic mass is 16.2. The van der Waals surface area contributed by atoms with Gasteiger partial charge in [-0.1, -0.05) is 39.0 Å². The highest BCUT2D eigenvalue weighted by Crippen LogP contribution is 2.16. The van der Waals surface area contributed by atoms with Crippen LogP contribution in [0.1, 0.15) is 27.2 Å². The molecule has 0 spiro atoms. The third-order valence-corrected chi connectivity index (χ3v) is 2.55. The van der Waals surface area contributed by atoms with E-state index in [-0.39, 0.29) is 5.91 Å². The van der Waals surface area contributed by atoms with Crippen LogP contribution in [-0.2, 0) is 4.79 Å². The molecule has 88 valence electrons. The predicted molar refractivity (Wildman–Crippen MR) is 67.1 cm³/mol. The van der Waals surface area contributed by atoms with Crippen molar-refractivity contribution in [2.75, 3.05) is 18.1 Å². The molecule has 0 aliphatic heterocycles. The fourth-order valence-corrected chi connectivity index (χ4v) is 1.69. The van der Waals surface area contributed by atoms with Crippen molar-refractivity contribution in [1.82, 2.24) is 5.01 Å². The van der Waals surface area contributed by atoms with Gasteiger partial charge in [-0.25, -0.2) is 10.0 Å². The minimum Gasteiger partial charge on any atom is -0.273 e. The Hall–Kier alpha value is -1.35. The zero-order chi connectivity index (χ0) is 12.0. The van der Waals surface area contributed by atoms with E-state index < -0.39 is 0 Å². The standard InChI is InChI=1S/C13H20N2O/c1-4-13(16)15(14(5-2)6-3)12-10-8-7-9-11-12/h7-11H,4-6H2,1-3H3. The monoisotopic (exact) mass is 220 g/mol. The molecule has 16 heavy (non-hydrogen) atoms. The minimum absolute atomic E-state index is 0.134. The number of carbonyl (C=O) groups excluding carboxylic acids is 1. The van der Waals surface area contributed by atoms with Crippen molar-refractivity contribution in [3.8, 4) is 0 Å². The zero-order valence-electron chi connectivity index (χ0n) is 10.3. The van der Waals surface area contributed by atoms with E-state index in [4.69, 9.17) is 0 Å². The van der Waals surface area contributed by atoms with Gasteiger partial charge in [-0.05, 0) is 12.1 Å². The second-order valence-corrected chi connectivity index (χ2v) is 3.53. The molecule has 0 saturated carbocycles. The molecule has 1 aromatic rings. The van der Waals surface area contributed by atoms with E-state index >= 15 is 0 Å². The van der Waals surface area contributed by atoms with Crippen LogP contribution in [0.25, 0.3) is 0 Å². The van der Waals surface area contributed by atoms with Gasteiger partial charge in [0.1, 0.15) is 0 Å². The summed E-state index contributed by atoms with van der Waals surface area (Å²) in [5, 5.41) is 3.82. The first-order chi connectivity index (χ1) is 7.74. The topological polar surface area (TPSA) is 23.6 Å². The van der Waals surface area contributed by atoms with Crippen LogP contribution in [0.15, 0.2) is 30.3 Å². The maximum atomic E-state index is 12.0. The van der Waals surface area contributed by atoms with Crippen molar-refractivity contribution in [3.05, 3.63) is 30.3 Å². The average molecular weight is 220 g/mol. The number of hydrogen-bond donors (Lipinski definition) is 0. The number of hydrazine groups is 1. The fourth-order valence-electron chi connectivity index (χ4n) is 1.69. The van der Waals surface area contributed by atoms with Crippen molar-refractivity contribution in [3.63, 3.8) is 0 Å². The van der Waals surface area contributed by atoms with E-state index in [1.54, 1.807) is 5.01 Å². The number of anilines is 1. The summed E-state index contributed by atoms with van der Waals surface area (Å²) in [7, 11) is 0. The molecule has 0 bridgehead atoms. The molecule has 0 saturated heterocycles. The van der Waals surface area contributed by atoms with Crippen LogP contribution >= 0.6 is 0 Å². The third-order valence-electron chi connectivity index (χ3n) is 2.55. The number of rotatable bonds is 5. The van der Waals surface area contributed by atoms with Gasteiger partial charge < -0.3 is 0 Å². The molecular weight excluding hydrogens is 200 g/mol. The lowest BCUT2D eigenvalue weighted by molar-refractivity contribution is -0.121. The smallest absolute Gasteiger partial charge is 0.241 e. The van der Waals surface area contributed by atoms with Gasteiger partial charge in [0.15, 0.2) is 0 Å². The Labute approximate surface area is 97.6 Å². The molecule has 0 heterocycles. The molecule has 0 aliphatic rings. The highest BCUT2D eigenvalue weighted by molar-refractivity contribution is 5.92. The SMILES string of the molecule is CCC(=O)N(c1ccccc1)N(CC)CC. The van der Waals surface area contributed by atoms with Crippen LogP contribution in [0.5, 0.6) is 0 Å². The lowest BCUT2D eigenvalue weighted by Gasteiger charge is -2.33. The van der Waals surface area contributed by atoms with Crippen molar-refractivity contribution in [2.24, 2.45) is 0 Å². The van der Waals surface area contributed by atoms with Gasteiger partial charge in [-0.2, -0.15) is 0 Å². The number of para-hydroxylation sites is 1. The van der Waals surface area contributed by atoms with Gasteiger partial charge in [-0.3, -0.25) is 4.79 Å². The number of nitrogens with zero attached hydrogens (tertiary/aromatic N) is 2. The molecule has 3 nitrogen and oxygen atoms in total. The van der Waals surface area contributed by atoms with Crippen LogP contribution in [0.3, 0.4) is 0 Å². The van der Waals surface area contributed by atoms with Gasteiger partial charge in [0.05, 0.1) is 5.69 Å². The quantitative estimate of drug-likeness (QED) is 0.712. The Morgan fingerprint density at radius 2 is 1.62 bits per heavy atom. The van der Waals surface area contributed by atoms with Gasteiger partial charge in [0.2, 0.25) is 5.91 Å². The van der Waals surface area contributed by atoms with Crippen LogP contribution in [0.4, 0.5) is 5.69 Å². The first-order valence-electron chi connectivity index (χ1n) is 5.87. The summed E-state index contributed by atoms with van der Waals surface area (Å²) in [6, 6.07) is 9.79. The van der Waals surface area contributed by atoms with E-state index in [0.29, 0.717) is 6.42 Å². The second kappa shape index (κ2) is 6.28. The Morgan fingerprint density at radius 3 is 2.06 bits per heavy atom. The molecule has 1 rings (SSSR count). The number of benzene rings is 1. The van der Waals surface area contributed by atoms with E-state index in [1.165, 1.54) is 0 Å². The zero-order valence-corrected chi connectivity index (χ0v) is 10.3. The molecule has 0 radical (unpaired) electrons. The molecule has 0 aromatic heterocycles. The molecule has 0 N–H and O–H groups in total. The molecule has 1 amide bonds. The van der Waals surface area contributed by atoms with Gasteiger partial charge in [0.25, 0.3) is 0 Å². The minimum atomic E-state index is 0.134. The molecule has 0 atom stereocenters. The van der Waals surface area contributed by atoms with Gasteiger partial charge in [0, 0.05) is 19.5 Å². The average Bonchev–Trinajstić information content (AvgIpc) is 2.36. The molecule has 0 aliphatic carbocycles. The summed E-state index contributed by atoms with van der Waals surface area (Å²) in [5.74, 6) is 0.134.